The molecule has 2 aromatic rings. The summed E-state index contributed by atoms with van der Waals surface area (Å²) in [6.45, 7) is 4.46. The van der Waals surface area contributed by atoms with Crippen molar-refractivity contribution in [1.29, 1.82) is 0 Å². The summed E-state index contributed by atoms with van der Waals surface area (Å²) in [5.74, 6) is 0.615. The monoisotopic (exact) mass is 401 g/mol. The Balaban J connectivity index is 1.77. The molecule has 0 spiro atoms. The highest BCUT2D eigenvalue weighted by Crippen LogP contribution is 2.42. The van der Waals surface area contributed by atoms with Gasteiger partial charge in [-0.1, -0.05) is 54.3 Å². The molecule has 1 N–H and O–H groups in total. The standard InChI is InChI=1S/C23H28ClNO3/c1-16-6-8-18(9-7-16)23(12-4-5-13-23)22(26)25-19-10-11-21(20(24)14-19)28-17(2)15-27-3/h6-11,14,17H,4-5,12-13,15H2,1-3H3,(H,25,26)/t17-/m1/s1. The van der Waals surface area contributed by atoms with Crippen LogP contribution in [0.1, 0.15) is 43.7 Å². The van der Waals surface area contributed by atoms with Crippen molar-refractivity contribution < 1.29 is 14.3 Å². The van der Waals surface area contributed by atoms with Gasteiger partial charge in [0.2, 0.25) is 5.91 Å². The summed E-state index contributed by atoms with van der Waals surface area (Å²) in [6, 6.07) is 13.7. The molecule has 150 valence electrons. The molecule has 1 atom stereocenters. The summed E-state index contributed by atoms with van der Waals surface area (Å²) in [6.07, 6.45) is 3.75. The molecule has 3 rings (SSSR count). The van der Waals surface area contributed by atoms with E-state index in [-0.39, 0.29) is 12.0 Å². The Morgan fingerprint density at radius 1 is 1.18 bits per heavy atom. The minimum atomic E-state index is -0.470. The largest absolute Gasteiger partial charge is 0.487 e. The molecule has 1 fully saturated rings. The van der Waals surface area contributed by atoms with Gasteiger partial charge in [-0.3, -0.25) is 4.79 Å². The van der Waals surface area contributed by atoms with Crippen LogP contribution in [0, 0.1) is 6.92 Å². The highest BCUT2D eigenvalue weighted by atomic mass is 35.5. The lowest BCUT2D eigenvalue weighted by Gasteiger charge is -2.28. The molecule has 1 aliphatic carbocycles. The van der Waals surface area contributed by atoms with Crippen molar-refractivity contribution in [2.75, 3.05) is 19.0 Å². The van der Waals surface area contributed by atoms with E-state index in [1.807, 2.05) is 13.0 Å². The van der Waals surface area contributed by atoms with E-state index in [1.54, 1.807) is 19.2 Å². The zero-order valence-corrected chi connectivity index (χ0v) is 17.5. The fourth-order valence-electron chi connectivity index (χ4n) is 3.91. The zero-order chi connectivity index (χ0) is 20.1. The molecule has 0 saturated heterocycles. The molecule has 4 nitrogen and oxygen atoms in total. The van der Waals surface area contributed by atoms with Crippen LogP contribution in [0.2, 0.25) is 5.02 Å². The summed E-state index contributed by atoms with van der Waals surface area (Å²) in [7, 11) is 1.63. The number of rotatable bonds is 7. The number of benzene rings is 2. The molecule has 0 heterocycles. The van der Waals surface area contributed by atoms with Gasteiger partial charge < -0.3 is 14.8 Å². The van der Waals surface area contributed by atoms with Gasteiger partial charge in [0, 0.05) is 12.8 Å². The van der Waals surface area contributed by atoms with Gasteiger partial charge in [-0.15, -0.1) is 0 Å². The average molecular weight is 402 g/mol. The van der Waals surface area contributed by atoms with Gasteiger partial charge in [-0.25, -0.2) is 0 Å². The lowest BCUT2D eigenvalue weighted by Crippen LogP contribution is -2.38. The normalized spacial score (nSPS) is 16.6. The van der Waals surface area contributed by atoms with Crippen molar-refractivity contribution in [3.05, 3.63) is 58.6 Å². The van der Waals surface area contributed by atoms with E-state index >= 15 is 0 Å². The fourth-order valence-corrected chi connectivity index (χ4v) is 4.13. The van der Waals surface area contributed by atoms with Crippen LogP contribution < -0.4 is 10.1 Å². The maximum atomic E-state index is 13.3. The van der Waals surface area contributed by atoms with Crippen LogP contribution in [0.15, 0.2) is 42.5 Å². The lowest BCUT2D eigenvalue weighted by atomic mass is 9.77. The smallest absolute Gasteiger partial charge is 0.235 e. The SMILES string of the molecule is COC[C@@H](C)Oc1ccc(NC(=O)C2(c3ccc(C)cc3)CCCC2)cc1Cl. The molecule has 1 amide bonds. The fraction of sp³-hybridized carbons (Fsp3) is 0.435. The number of hydrogen-bond acceptors (Lipinski definition) is 3. The molecule has 0 radical (unpaired) electrons. The van der Waals surface area contributed by atoms with E-state index in [1.165, 1.54) is 5.56 Å². The highest BCUT2D eigenvalue weighted by molar-refractivity contribution is 6.32. The van der Waals surface area contributed by atoms with Crippen LogP contribution in [0.25, 0.3) is 0 Å². The van der Waals surface area contributed by atoms with Gasteiger partial charge >= 0.3 is 0 Å². The van der Waals surface area contributed by atoms with E-state index < -0.39 is 5.41 Å². The molecule has 0 unspecified atom stereocenters. The van der Waals surface area contributed by atoms with E-state index in [2.05, 4.69) is 36.5 Å². The topological polar surface area (TPSA) is 47.6 Å². The van der Waals surface area contributed by atoms with E-state index in [9.17, 15) is 4.79 Å². The predicted molar refractivity (Wildman–Crippen MR) is 113 cm³/mol. The maximum absolute atomic E-state index is 13.3. The molecule has 1 aliphatic rings. The van der Waals surface area contributed by atoms with E-state index in [0.29, 0.717) is 23.1 Å². The number of anilines is 1. The first-order chi connectivity index (χ1) is 13.4. The highest BCUT2D eigenvalue weighted by Gasteiger charge is 2.42. The third-order valence-electron chi connectivity index (χ3n) is 5.42. The van der Waals surface area contributed by atoms with Crippen molar-refractivity contribution >= 4 is 23.2 Å². The molecule has 0 aliphatic heterocycles. The predicted octanol–water partition coefficient (Wildman–Crippen LogP) is 5.51. The molecule has 1 saturated carbocycles. The summed E-state index contributed by atoms with van der Waals surface area (Å²) < 4.78 is 10.9. The molecule has 28 heavy (non-hydrogen) atoms. The Kier molecular flexibility index (Phi) is 6.63. The first-order valence-corrected chi connectivity index (χ1v) is 10.2. The molecule has 0 bridgehead atoms. The third kappa shape index (κ3) is 4.50. The van der Waals surface area contributed by atoms with Crippen molar-refractivity contribution in [2.45, 2.75) is 51.0 Å². The number of carbonyl (C=O) groups excluding carboxylic acids is 1. The van der Waals surface area contributed by atoms with Crippen LogP contribution >= 0.6 is 11.6 Å². The van der Waals surface area contributed by atoms with Crippen molar-refractivity contribution in [1.82, 2.24) is 0 Å². The van der Waals surface area contributed by atoms with Crippen LogP contribution in [-0.2, 0) is 14.9 Å². The molecule has 2 aromatic carbocycles. The summed E-state index contributed by atoms with van der Waals surface area (Å²) in [4.78, 5) is 13.3. The Bertz CT molecular complexity index is 813. The summed E-state index contributed by atoms with van der Waals surface area (Å²) in [5, 5.41) is 3.55. The quantitative estimate of drug-likeness (QED) is 0.665. The Labute approximate surface area is 172 Å². The van der Waals surface area contributed by atoms with E-state index in [0.717, 1.165) is 31.2 Å². The number of nitrogens with one attached hydrogen (secondary N) is 1. The number of aryl methyl sites for hydroxylation is 1. The average Bonchev–Trinajstić information content (AvgIpc) is 3.16. The van der Waals surface area contributed by atoms with Gasteiger partial charge in [0.25, 0.3) is 0 Å². The van der Waals surface area contributed by atoms with Crippen LogP contribution in [0.5, 0.6) is 5.75 Å². The zero-order valence-electron chi connectivity index (χ0n) is 16.8. The van der Waals surface area contributed by atoms with Crippen molar-refractivity contribution in [3.63, 3.8) is 0 Å². The van der Waals surface area contributed by atoms with Crippen LogP contribution in [0.4, 0.5) is 5.69 Å². The van der Waals surface area contributed by atoms with Gasteiger partial charge in [0.1, 0.15) is 11.9 Å². The van der Waals surface area contributed by atoms with Crippen molar-refractivity contribution in [2.24, 2.45) is 0 Å². The molecule has 0 aromatic heterocycles. The minimum absolute atomic E-state index is 0.0336. The molecular formula is C23H28ClNO3. The van der Waals surface area contributed by atoms with Crippen LogP contribution in [0.3, 0.4) is 0 Å². The van der Waals surface area contributed by atoms with Gasteiger partial charge in [-0.05, 0) is 50.5 Å². The number of ether oxygens (including phenoxy) is 2. The second-order valence-corrected chi connectivity index (χ2v) is 8.05. The Hall–Kier alpha value is -2.04. The maximum Gasteiger partial charge on any atom is 0.235 e. The second-order valence-electron chi connectivity index (χ2n) is 7.64. The van der Waals surface area contributed by atoms with Gasteiger partial charge in [-0.2, -0.15) is 0 Å². The third-order valence-corrected chi connectivity index (χ3v) is 5.71. The van der Waals surface area contributed by atoms with Crippen LogP contribution in [-0.4, -0.2) is 25.7 Å². The number of hydrogen-bond donors (Lipinski definition) is 1. The minimum Gasteiger partial charge on any atom is -0.487 e. The summed E-state index contributed by atoms with van der Waals surface area (Å²) >= 11 is 6.37. The second kappa shape index (κ2) is 8.97. The molecular weight excluding hydrogens is 374 g/mol. The number of halogens is 1. The Morgan fingerprint density at radius 3 is 2.46 bits per heavy atom. The Morgan fingerprint density at radius 2 is 1.86 bits per heavy atom. The first-order valence-electron chi connectivity index (χ1n) is 9.78. The number of carbonyl (C=O) groups is 1. The lowest BCUT2D eigenvalue weighted by molar-refractivity contribution is -0.121. The van der Waals surface area contributed by atoms with E-state index in [4.69, 9.17) is 21.1 Å². The van der Waals surface area contributed by atoms with Crippen molar-refractivity contribution in [3.8, 4) is 5.75 Å². The number of amides is 1. The van der Waals surface area contributed by atoms with Gasteiger partial charge in [0.05, 0.1) is 17.0 Å². The first kappa shape index (κ1) is 20.7. The molecule has 5 heteroatoms. The van der Waals surface area contributed by atoms with Gasteiger partial charge in [0.15, 0.2) is 0 Å². The summed E-state index contributed by atoms with van der Waals surface area (Å²) in [5.41, 5.74) is 2.50. The number of methoxy groups -OCH3 is 1.